The van der Waals surface area contributed by atoms with Crippen molar-refractivity contribution in [3.05, 3.63) is 136 Å². The molecule has 0 heterocycles. The van der Waals surface area contributed by atoms with Crippen LogP contribution in [0, 0.1) is 40.7 Å². The van der Waals surface area contributed by atoms with Crippen molar-refractivity contribution in [1.29, 1.82) is 0 Å². The fourth-order valence-electron chi connectivity index (χ4n) is 5.26. The van der Waals surface area contributed by atoms with Gasteiger partial charge in [0.2, 0.25) is 0 Å². The summed E-state index contributed by atoms with van der Waals surface area (Å²) >= 11 is 0. The molecule has 12 heteroatoms. The van der Waals surface area contributed by atoms with Gasteiger partial charge in [0.15, 0.2) is 17.5 Å². The fourth-order valence-corrected chi connectivity index (χ4v) is 5.26. The molecule has 0 saturated heterocycles. The number of rotatable bonds is 14. The van der Waals surface area contributed by atoms with Crippen LogP contribution in [0.2, 0.25) is 0 Å². The maximum Gasteiger partial charge on any atom is 0.432 e. The summed E-state index contributed by atoms with van der Waals surface area (Å²) in [5.74, 6) is -14.2. The molecule has 0 saturated carbocycles. The van der Waals surface area contributed by atoms with Crippen LogP contribution in [0.5, 0.6) is 5.75 Å². The van der Waals surface area contributed by atoms with E-state index in [2.05, 4.69) is 11.7 Å². The molecule has 0 fully saturated rings. The van der Waals surface area contributed by atoms with Gasteiger partial charge in [0.25, 0.3) is 0 Å². The number of alkyl halides is 2. The number of allylic oxidation sites excluding steroid dienone is 2. The van der Waals surface area contributed by atoms with Crippen molar-refractivity contribution >= 4 is 0 Å². The summed E-state index contributed by atoms with van der Waals surface area (Å²) in [6.45, 7) is 3.13. The Kier molecular flexibility index (Phi) is 12.5. The number of aryl methyl sites for hydroxylation is 1. The number of unbranched alkanes of at least 4 members (excludes halogenated alkanes) is 3. The van der Waals surface area contributed by atoms with Crippen molar-refractivity contribution in [1.82, 2.24) is 0 Å². The van der Waals surface area contributed by atoms with Crippen molar-refractivity contribution in [2.75, 3.05) is 0 Å². The lowest BCUT2D eigenvalue weighted by Crippen LogP contribution is -2.29. The minimum Gasteiger partial charge on any atom is -0.429 e. The van der Waals surface area contributed by atoms with Gasteiger partial charge in [-0.15, -0.1) is 0 Å². The Labute approximate surface area is 281 Å². The number of halogens is 11. The Morgan fingerprint density at radius 2 is 1.22 bits per heavy atom. The van der Waals surface area contributed by atoms with Crippen molar-refractivity contribution in [2.45, 2.75) is 64.9 Å². The van der Waals surface area contributed by atoms with Crippen molar-refractivity contribution in [2.24, 2.45) is 0 Å². The summed E-state index contributed by atoms with van der Waals surface area (Å²) in [5, 5.41) is 0. The predicted octanol–water partition coefficient (Wildman–Crippen LogP) is 12.8. The Hall–Kier alpha value is -4.61. The molecular formula is C38H31F11O. The average molecular weight is 713 g/mol. The largest absolute Gasteiger partial charge is 0.432 e. The van der Waals surface area contributed by atoms with Crippen molar-refractivity contribution < 1.29 is 53.0 Å². The Balaban J connectivity index is 1.55. The van der Waals surface area contributed by atoms with Gasteiger partial charge in [0, 0.05) is 22.8 Å². The van der Waals surface area contributed by atoms with E-state index in [1.165, 1.54) is 12.1 Å². The molecule has 50 heavy (non-hydrogen) atoms. The van der Waals surface area contributed by atoms with Crippen molar-refractivity contribution in [3.8, 4) is 28.0 Å². The predicted molar refractivity (Wildman–Crippen MR) is 168 cm³/mol. The molecule has 0 amide bonds. The first-order valence-corrected chi connectivity index (χ1v) is 15.7. The molecule has 0 spiro atoms. The highest BCUT2D eigenvalue weighted by molar-refractivity contribution is 5.66. The molecule has 0 N–H and O–H groups in total. The van der Waals surface area contributed by atoms with Gasteiger partial charge in [0.1, 0.15) is 46.2 Å². The molecule has 0 aliphatic carbocycles. The van der Waals surface area contributed by atoms with E-state index in [4.69, 9.17) is 0 Å². The maximum absolute atomic E-state index is 15.2. The third kappa shape index (κ3) is 8.94. The molecule has 0 aliphatic rings. The first-order chi connectivity index (χ1) is 23.7. The van der Waals surface area contributed by atoms with E-state index in [0.717, 1.165) is 50.8 Å². The summed E-state index contributed by atoms with van der Waals surface area (Å²) in [7, 11) is 0. The van der Waals surface area contributed by atoms with Gasteiger partial charge in [-0.25, -0.2) is 39.5 Å². The smallest absolute Gasteiger partial charge is 0.429 e. The molecule has 0 aromatic heterocycles. The van der Waals surface area contributed by atoms with Crippen molar-refractivity contribution in [3.63, 3.8) is 0 Å². The van der Waals surface area contributed by atoms with Gasteiger partial charge in [-0.2, -0.15) is 8.78 Å². The van der Waals surface area contributed by atoms with E-state index in [0.29, 0.717) is 42.3 Å². The van der Waals surface area contributed by atoms with Crippen LogP contribution in [0.25, 0.3) is 22.3 Å². The lowest BCUT2D eigenvalue weighted by atomic mass is 9.98. The summed E-state index contributed by atoms with van der Waals surface area (Å²) in [6.07, 6.45) is -1.70. The second kappa shape index (κ2) is 16.4. The number of hydrogen-bond donors (Lipinski definition) is 0. The molecule has 0 bridgehead atoms. The lowest BCUT2D eigenvalue weighted by Gasteiger charge is -2.21. The fraction of sp³-hybridized carbons (Fsp3) is 0.263. The zero-order valence-electron chi connectivity index (χ0n) is 26.9. The highest BCUT2D eigenvalue weighted by Crippen LogP contribution is 2.39. The molecule has 0 unspecified atom stereocenters. The zero-order valence-corrected chi connectivity index (χ0v) is 26.9. The highest BCUT2D eigenvalue weighted by Gasteiger charge is 2.43. The van der Waals surface area contributed by atoms with Crippen LogP contribution >= 0.6 is 0 Å². The third-order valence-corrected chi connectivity index (χ3v) is 7.88. The Bertz CT molecular complexity index is 1870. The first-order valence-electron chi connectivity index (χ1n) is 15.7. The third-order valence-electron chi connectivity index (χ3n) is 7.88. The lowest BCUT2D eigenvalue weighted by molar-refractivity contribution is -0.143. The second-order valence-electron chi connectivity index (χ2n) is 11.4. The molecule has 0 radical (unpaired) electrons. The van der Waals surface area contributed by atoms with Crippen LogP contribution in [0.15, 0.2) is 84.0 Å². The minimum absolute atomic E-state index is 0.0955. The summed E-state index contributed by atoms with van der Waals surface area (Å²) in [6, 6.07) is 8.67. The van der Waals surface area contributed by atoms with E-state index in [1.807, 2.05) is 0 Å². The molecule has 1 nitrogen and oxygen atoms in total. The minimum atomic E-state index is -4.80. The van der Waals surface area contributed by atoms with Gasteiger partial charge in [-0.1, -0.05) is 45.2 Å². The second-order valence-corrected chi connectivity index (χ2v) is 11.4. The van der Waals surface area contributed by atoms with Gasteiger partial charge in [-0.05, 0) is 90.9 Å². The quantitative estimate of drug-likeness (QED) is 0.0547. The number of ether oxygens (including phenoxy) is 1. The molecule has 4 aromatic carbocycles. The topological polar surface area (TPSA) is 9.23 Å². The Morgan fingerprint density at radius 3 is 1.76 bits per heavy atom. The molecular weight excluding hydrogens is 681 g/mol. The summed E-state index contributed by atoms with van der Waals surface area (Å²) in [4.78, 5) is 0. The number of hydrogen-bond acceptors (Lipinski definition) is 1. The molecule has 0 aliphatic heterocycles. The standard InChI is InChI=1S/C38H31F11O/c1-3-5-6-7-8-21-9-11-25(30(41)15-21)22-16-31(42)27(32(43)17-22)13-14-29(40)36(28(39)4-2)38(48,49)50-24-10-12-26(33(44)20-24)23-18-34(45)37(47)35(46)19-23/h9-12,14-20H,3-8,13H2,1-2H3/b29-14+,36-28-. The maximum atomic E-state index is 15.2. The number of benzene rings is 4. The van der Waals surface area contributed by atoms with Gasteiger partial charge < -0.3 is 4.74 Å². The zero-order chi connectivity index (χ0) is 36.7. The van der Waals surface area contributed by atoms with Gasteiger partial charge in [0.05, 0.1) is 0 Å². The molecule has 4 rings (SSSR count). The van der Waals surface area contributed by atoms with Gasteiger partial charge in [-0.3, -0.25) is 0 Å². The van der Waals surface area contributed by atoms with Gasteiger partial charge >= 0.3 is 6.11 Å². The normalized spacial score (nSPS) is 12.7. The van der Waals surface area contributed by atoms with Crippen LogP contribution in [0.3, 0.4) is 0 Å². The van der Waals surface area contributed by atoms with E-state index < -0.39 is 99.3 Å². The summed E-state index contributed by atoms with van der Waals surface area (Å²) in [5.41, 5.74) is -3.26. The van der Waals surface area contributed by atoms with Crippen LogP contribution in [0.1, 0.15) is 57.1 Å². The van der Waals surface area contributed by atoms with E-state index >= 15 is 22.0 Å². The molecule has 0 atom stereocenters. The first kappa shape index (κ1) is 38.2. The van der Waals surface area contributed by atoms with Crippen LogP contribution in [-0.2, 0) is 12.8 Å². The summed E-state index contributed by atoms with van der Waals surface area (Å²) < 4.78 is 165. The highest BCUT2D eigenvalue weighted by atomic mass is 19.3. The SMILES string of the molecule is CCCCCCc1ccc(-c2cc(F)c(C/C=C(F)\C(=C(\F)CC)C(F)(F)Oc3ccc(-c4cc(F)c(F)c(F)c4)c(F)c3)c(F)c2)c(F)c1. The molecule has 4 aromatic rings. The monoisotopic (exact) mass is 712 g/mol. The van der Waals surface area contributed by atoms with Crippen LogP contribution < -0.4 is 4.74 Å². The molecule has 266 valence electrons. The Morgan fingerprint density at radius 1 is 0.660 bits per heavy atom. The van der Waals surface area contributed by atoms with Crippen LogP contribution in [-0.4, -0.2) is 6.11 Å². The average Bonchev–Trinajstić information content (AvgIpc) is 3.04. The van der Waals surface area contributed by atoms with E-state index in [-0.39, 0.29) is 11.1 Å². The van der Waals surface area contributed by atoms with E-state index in [9.17, 15) is 26.3 Å². The van der Waals surface area contributed by atoms with E-state index in [1.54, 1.807) is 6.07 Å². The van der Waals surface area contributed by atoms with Crippen LogP contribution in [0.4, 0.5) is 48.3 Å².